The summed E-state index contributed by atoms with van der Waals surface area (Å²) >= 11 is 0. The van der Waals surface area contributed by atoms with Gasteiger partial charge in [-0.2, -0.15) is 0 Å². The fourth-order valence-corrected chi connectivity index (χ4v) is 2.73. The van der Waals surface area contributed by atoms with Crippen molar-refractivity contribution >= 4 is 11.9 Å². The van der Waals surface area contributed by atoms with E-state index in [9.17, 15) is 4.79 Å². The molecule has 1 fully saturated rings. The minimum Gasteiger partial charge on any atom is -0.370 e. The smallest absolute Gasteiger partial charge is 0.254 e. The highest BCUT2D eigenvalue weighted by molar-refractivity contribution is 6.07. The molecule has 0 bridgehead atoms. The second-order valence-electron chi connectivity index (χ2n) is 4.23. The molecule has 1 amide bonds. The van der Waals surface area contributed by atoms with Crippen LogP contribution in [0.3, 0.4) is 0 Å². The summed E-state index contributed by atoms with van der Waals surface area (Å²) < 4.78 is 0. The fourth-order valence-electron chi connectivity index (χ4n) is 2.73. The van der Waals surface area contributed by atoms with E-state index in [1.165, 1.54) is 6.42 Å². The molecular weight excluding hydrogens is 178 g/mol. The summed E-state index contributed by atoms with van der Waals surface area (Å²) in [5.74, 6) is 0.689. The van der Waals surface area contributed by atoms with Crippen LogP contribution in [0.2, 0.25) is 0 Å². The van der Waals surface area contributed by atoms with E-state index >= 15 is 0 Å². The predicted molar refractivity (Wildman–Crippen MR) is 54.7 cm³/mol. The number of carbonyl (C=O) groups is 1. The number of hydrogen-bond donors (Lipinski definition) is 2. The normalized spacial score (nSPS) is 37.1. The van der Waals surface area contributed by atoms with E-state index in [2.05, 4.69) is 17.2 Å². The van der Waals surface area contributed by atoms with Crippen LogP contribution in [0.25, 0.3) is 0 Å². The number of nitrogens with one attached hydrogen (secondary N) is 1. The lowest BCUT2D eigenvalue weighted by molar-refractivity contribution is -0.126. The summed E-state index contributed by atoms with van der Waals surface area (Å²) in [6.07, 6.45) is 5.26. The van der Waals surface area contributed by atoms with Crippen molar-refractivity contribution in [1.29, 1.82) is 0 Å². The quantitative estimate of drug-likeness (QED) is 0.649. The van der Waals surface area contributed by atoms with Crippen LogP contribution in [0.4, 0.5) is 0 Å². The van der Waals surface area contributed by atoms with Crippen molar-refractivity contribution in [3.63, 3.8) is 0 Å². The Balaban J connectivity index is 2.31. The van der Waals surface area contributed by atoms with Gasteiger partial charge in [-0.05, 0) is 18.8 Å². The van der Waals surface area contributed by atoms with Crippen LogP contribution >= 0.6 is 0 Å². The molecule has 78 valence electrons. The molecule has 1 aliphatic heterocycles. The van der Waals surface area contributed by atoms with Gasteiger partial charge in [-0.3, -0.25) is 10.1 Å². The number of nitrogens with two attached hydrogens (primary N) is 1. The van der Waals surface area contributed by atoms with Crippen molar-refractivity contribution in [2.75, 3.05) is 0 Å². The Kier molecular flexibility index (Phi) is 2.21. The molecule has 0 aromatic carbocycles. The monoisotopic (exact) mass is 195 g/mol. The number of amides is 1. The summed E-state index contributed by atoms with van der Waals surface area (Å²) in [5.41, 5.74) is 5.05. The van der Waals surface area contributed by atoms with E-state index in [4.69, 9.17) is 5.73 Å². The summed E-state index contributed by atoms with van der Waals surface area (Å²) in [7, 11) is 0. The van der Waals surface area contributed by atoms with E-state index in [-0.39, 0.29) is 5.91 Å². The van der Waals surface area contributed by atoms with Gasteiger partial charge in [0.25, 0.3) is 5.91 Å². The summed E-state index contributed by atoms with van der Waals surface area (Å²) in [6.45, 7) is 2.12. The molecule has 0 aromatic rings. The molecule has 2 atom stereocenters. The second kappa shape index (κ2) is 3.26. The predicted octanol–water partition coefficient (Wildman–Crippen LogP) is 0.770. The molecule has 0 aromatic heterocycles. The molecule has 14 heavy (non-hydrogen) atoms. The Morgan fingerprint density at radius 1 is 1.64 bits per heavy atom. The van der Waals surface area contributed by atoms with Gasteiger partial charge in [0, 0.05) is 0 Å². The van der Waals surface area contributed by atoms with Crippen LogP contribution in [0, 0.1) is 5.92 Å². The number of carbonyl (C=O) groups excluding carboxylic acids is 1. The van der Waals surface area contributed by atoms with Crippen LogP contribution in [0.5, 0.6) is 0 Å². The Labute approximate surface area is 84.0 Å². The first kappa shape index (κ1) is 9.49. The molecule has 1 saturated carbocycles. The maximum absolute atomic E-state index is 11.8. The molecule has 0 radical (unpaired) electrons. The van der Waals surface area contributed by atoms with Crippen LogP contribution in [0.15, 0.2) is 4.99 Å². The highest BCUT2D eigenvalue weighted by Gasteiger charge is 2.49. The zero-order valence-corrected chi connectivity index (χ0v) is 8.55. The zero-order valence-electron chi connectivity index (χ0n) is 8.55. The lowest BCUT2D eigenvalue weighted by Crippen LogP contribution is -2.47. The van der Waals surface area contributed by atoms with Gasteiger partial charge >= 0.3 is 0 Å². The van der Waals surface area contributed by atoms with Crippen molar-refractivity contribution in [2.24, 2.45) is 16.6 Å². The molecule has 2 rings (SSSR count). The molecule has 1 heterocycles. The van der Waals surface area contributed by atoms with Crippen molar-refractivity contribution in [3.8, 4) is 0 Å². The van der Waals surface area contributed by atoms with E-state index in [1.54, 1.807) is 0 Å². The van der Waals surface area contributed by atoms with Crippen molar-refractivity contribution in [3.05, 3.63) is 0 Å². The first-order chi connectivity index (χ1) is 6.69. The van der Waals surface area contributed by atoms with E-state index < -0.39 is 5.54 Å². The van der Waals surface area contributed by atoms with Crippen LogP contribution in [-0.2, 0) is 4.79 Å². The number of guanidine groups is 1. The van der Waals surface area contributed by atoms with Crippen LogP contribution in [0.1, 0.15) is 39.0 Å². The Hall–Kier alpha value is -1.06. The maximum atomic E-state index is 11.8. The number of aliphatic imine (C=N–C) groups is 1. The van der Waals surface area contributed by atoms with E-state index in [0.717, 1.165) is 25.7 Å². The van der Waals surface area contributed by atoms with Gasteiger partial charge < -0.3 is 5.73 Å². The zero-order chi connectivity index (χ0) is 10.2. The summed E-state index contributed by atoms with van der Waals surface area (Å²) in [4.78, 5) is 16.2. The Morgan fingerprint density at radius 2 is 2.43 bits per heavy atom. The topological polar surface area (TPSA) is 67.5 Å². The fraction of sp³-hybridized carbons (Fsp3) is 0.800. The molecular formula is C10H17N3O. The third-order valence-corrected chi connectivity index (χ3v) is 3.48. The highest BCUT2D eigenvalue weighted by Crippen LogP contribution is 2.40. The molecule has 2 unspecified atom stereocenters. The minimum absolute atomic E-state index is 0.0153. The molecule has 4 heteroatoms. The Bertz CT molecular complexity index is 287. The van der Waals surface area contributed by atoms with Gasteiger partial charge in [-0.15, -0.1) is 0 Å². The summed E-state index contributed by atoms with van der Waals surface area (Å²) in [5, 5.41) is 2.63. The number of rotatable bonds is 1. The van der Waals surface area contributed by atoms with Gasteiger partial charge in [0.15, 0.2) is 5.96 Å². The summed E-state index contributed by atoms with van der Waals surface area (Å²) in [6, 6.07) is 0. The van der Waals surface area contributed by atoms with Gasteiger partial charge in [0.1, 0.15) is 5.54 Å². The van der Waals surface area contributed by atoms with Gasteiger partial charge in [0.2, 0.25) is 0 Å². The van der Waals surface area contributed by atoms with E-state index in [1.807, 2.05) is 0 Å². The second-order valence-corrected chi connectivity index (χ2v) is 4.23. The molecule has 3 N–H and O–H groups in total. The third-order valence-electron chi connectivity index (χ3n) is 3.48. The highest BCUT2D eigenvalue weighted by atomic mass is 16.2. The lowest BCUT2D eigenvalue weighted by Gasteiger charge is -2.35. The third kappa shape index (κ3) is 1.21. The van der Waals surface area contributed by atoms with Gasteiger partial charge in [-0.25, -0.2) is 4.99 Å². The average molecular weight is 195 g/mol. The molecule has 0 saturated heterocycles. The Morgan fingerprint density at radius 3 is 3.00 bits per heavy atom. The molecule has 1 aliphatic carbocycles. The standard InChI is InChI=1S/C10H17N3O/c1-2-7-5-3-4-6-10(7)8(14)12-9(11)13-10/h7H,2-6H2,1H3,(H3,11,12,13,14). The average Bonchev–Trinajstić information content (AvgIpc) is 2.43. The molecule has 1 spiro atoms. The van der Waals surface area contributed by atoms with Crippen molar-refractivity contribution in [2.45, 2.75) is 44.6 Å². The first-order valence-corrected chi connectivity index (χ1v) is 5.36. The molecule has 4 nitrogen and oxygen atoms in total. The van der Waals surface area contributed by atoms with Crippen LogP contribution in [-0.4, -0.2) is 17.4 Å². The van der Waals surface area contributed by atoms with Crippen molar-refractivity contribution < 1.29 is 4.79 Å². The number of hydrogen-bond acceptors (Lipinski definition) is 3. The first-order valence-electron chi connectivity index (χ1n) is 5.36. The SMILES string of the molecule is CCC1CCCCC12N=C(N)NC2=O. The van der Waals surface area contributed by atoms with E-state index in [0.29, 0.717) is 11.9 Å². The molecule has 2 aliphatic rings. The van der Waals surface area contributed by atoms with Crippen molar-refractivity contribution in [1.82, 2.24) is 5.32 Å². The maximum Gasteiger partial charge on any atom is 0.254 e. The largest absolute Gasteiger partial charge is 0.370 e. The number of nitrogens with zero attached hydrogens (tertiary/aromatic N) is 1. The van der Waals surface area contributed by atoms with Crippen LogP contribution < -0.4 is 11.1 Å². The van der Waals surface area contributed by atoms with Gasteiger partial charge in [-0.1, -0.05) is 26.2 Å². The minimum atomic E-state index is -0.517. The van der Waals surface area contributed by atoms with Gasteiger partial charge in [0.05, 0.1) is 0 Å². The lowest BCUT2D eigenvalue weighted by atomic mass is 9.72.